The minimum Gasteiger partial charge on any atom is -0.465 e. The molecule has 1 atom stereocenters. The van der Waals surface area contributed by atoms with Gasteiger partial charge in [-0.3, -0.25) is 4.79 Å². The molecule has 5 nitrogen and oxygen atoms in total. The first-order valence-electron chi connectivity index (χ1n) is 6.38. The Morgan fingerprint density at radius 1 is 1.50 bits per heavy atom. The van der Waals surface area contributed by atoms with Crippen molar-refractivity contribution in [1.29, 1.82) is 0 Å². The molecule has 1 unspecified atom stereocenters. The Morgan fingerprint density at radius 3 is 2.95 bits per heavy atom. The predicted molar refractivity (Wildman–Crippen MR) is 73.6 cm³/mol. The topological polar surface area (TPSA) is 64.6 Å². The standard InChI is InChI=1S/C14H16ClNO4/c1-19-14(18)10-7-9(4-5-11(10)15)8-16-13(17)12-3-2-6-20-12/h4-5,7,12H,2-3,6,8H2,1H3,(H,16,17). The van der Waals surface area contributed by atoms with Crippen LogP contribution in [0.3, 0.4) is 0 Å². The smallest absolute Gasteiger partial charge is 0.339 e. The first kappa shape index (κ1) is 14.8. The lowest BCUT2D eigenvalue weighted by atomic mass is 10.1. The SMILES string of the molecule is COC(=O)c1cc(CNC(=O)C2CCCO2)ccc1Cl. The number of nitrogens with one attached hydrogen (secondary N) is 1. The van der Waals surface area contributed by atoms with E-state index in [0.717, 1.165) is 18.4 Å². The normalized spacial score (nSPS) is 17.8. The minimum atomic E-state index is -0.498. The van der Waals surface area contributed by atoms with Gasteiger partial charge in [0.05, 0.1) is 17.7 Å². The monoisotopic (exact) mass is 297 g/mol. The summed E-state index contributed by atoms with van der Waals surface area (Å²) >= 11 is 5.93. The number of carbonyl (C=O) groups excluding carboxylic acids is 2. The lowest BCUT2D eigenvalue weighted by molar-refractivity contribution is -0.130. The molecule has 1 aliphatic heterocycles. The zero-order valence-electron chi connectivity index (χ0n) is 11.1. The van der Waals surface area contributed by atoms with E-state index >= 15 is 0 Å². The van der Waals surface area contributed by atoms with Gasteiger partial charge < -0.3 is 14.8 Å². The summed E-state index contributed by atoms with van der Waals surface area (Å²) in [5, 5.41) is 3.11. The van der Waals surface area contributed by atoms with Gasteiger partial charge in [-0.05, 0) is 30.5 Å². The van der Waals surface area contributed by atoms with Gasteiger partial charge in [0.1, 0.15) is 6.10 Å². The summed E-state index contributed by atoms with van der Waals surface area (Å²) in [5.74, 6) is -0.626. The quantitative estimate of drug-likeness (QED) is 0.862. The van der Waals surface area contributed by atoms with E-state index in [1.807, 2.05) is 0 Å². The van der Waals surface area contributed by atoms with E-state index in [9.17, 15) is 9.59 Å². The Hall–Kier alpha value is -1.59. The van der Waals surface area contributed by atoms with Crippen LogP contribution < -0.4 is 5.32 Å². The van der Waals surface area contributed by atoms with Crippen molar-refractivity contribution in [1.82, 2.24) is 5.32 Å². The molecule has 1 fully saturated rings. The van der Waals surface area contributed by atoms with E-state index in [0.29, 0.717) is 18.2 Å². The van der Waals surface area contributed by atoms with E-state index in [4.69, 9.17) is 16.3 Å². The van der Waals surface area contributed by atoms with Gasteiger partial charge in [0, 0.05) is 13.2 Å². The summed E-state index contributed by atoms with van der Waals surface area (Å²) in [7, 11) is 1.30. The second-order valence-corrected chi connectivity index (χ2v) is 4.93. The van der Waals surface area contributed by atoms with Crippen LogP contribution in [0.5, 0.6) is 0 Å². The molecule has 0 aliphatic carbocycles. The second-order valence-electron chi connectivity index (χ2n) is 4.53. The first-order valence-corrected chi connectivity index (χ1v) is 6.75. The maximum atomic E-state index is 11.8. The fourth-order valence-electron chi connectivity index (χ4n) is 2.04. The second kappa shape index (κ2) is 6.72. The first-order chi connectivity index (χ1) is 9.61. The Kier molecular flexibility index (Phi) is 4.98. The molecule has 20 heavy (non-hydrogen) atoms. The van der Waals surface area contributed by atoms with Crippen molar-refractivity contribution in [2.75, 3.05) is 13.7 Å². The van der Waals surface area contributed by atoms with Gasteiger partial charge in [-0.25, -0.2) is 4.79 Å². The van der Waals surface area contributed by atoms with Crippen LogP contribution in [0.2, 0.25) is 5.02 Å². The van der Waals surface area contributed by atoms with Crippen molar-refractivity contribution in [3.05, 3.63) is 34.3 Å². The van der Waals surface area contributed by atoms with Crippen LogP contribution in [0, 0.1) is 0 Å². The van der Waals surface area contributed by atoms with Gasteiger partial charge in [-0.2, -0.15) is 0 Å². The summed E-state index contributed by atoms with van der Waals surface area (Å²) in [4.78, 5) is 23.3. The Balaban J connectivity index is 1.99. The van der Waals surface area contributed by atoms with Crippen LogP contribution in [0.1, 0.15) is 28.8 Å². The van der Waals surface area contributed by atoms with E-state index in [1.54, 1.807) is 18.2 Å². The van der Waals surface area contributed by atoms with Crippen molar-refractivity contribution in [2.45, 2.75) is 25.5 Å². The summed E-state index contributed by atoms with van der Waals surface area (Å²) in [6, 6.07) is 4.98. The van der Waals surface area contributed by atoms with Crippen LogP contribution in [0.25, 0.3) is 0 Å². The number of halogens is 1. The fourth-order valence-corrected chi connectivity index (χ4v) is 2.23. The number of ether oxygens (including phenoxy) is 2. The highest BCUT2D eigenvalue weighted by Crippen LogP contribution is 2.19. The molecule has 1 aromatic rings. The van der Waals surface area contributed by atoms with Crippen LogP contribution >= 0.6 is 11.6 Å². The molecule has 0 aromatic heterocycles. The van der Waals surface area contributed by atoms with Crippen molar-refractivity contribution in [3.8, 4) is 0 Å². The molecule has 2 rings (SSSR count). The van der Waals surface area contributed by atoms with Crippen molar-refractivity contribution >= 4 is 23.5 Å². The molecular formula is C14H16ClNO4. The van der Waals surface area contributed by atoms with Crippen molar-refractivity contribution in [3.63, 3.8) is 0 Å². The average Bonchev–Trinajstić information content (AvgIpc) is 2.99. The number of carbonyl (C=O) groups is 2. The van der Waals surface area contributed by atoms with Crippen LogP contribution in [-0.2, 0) is 20.8 Å². The van der Waals surface area contributed by atoms with E-state index in [1.165, 1.54) is 7.11 Å². The van der Waals surface area contributed by atoms with Crippen LogP contribution in [0.4, 0.5) is 0 Å². The fraction of sp³-hybridized carbons (Fsp3) is 0.429. The number of amides is 1. The Labute approximate surface area is 122 Å². The lowest BCUT2D eigenvalue weighted by Gasteiger charge is -2.11. The van der Waals surface area contributed by atoms with Gasteiger partial charge in [-0.1, -0.05) is 17.7 Å². The molecule has 1 aliphatic rings. The number of rotatable bonds is 4. The van der Waals surface area contributed by atoms with Crippen LogP contribution in [0.15, 0.2) is 18.2 Å². The molecule has 1 N–H and O–H groups in total. The summed E-state index contributed by atoms with van der Waals surface area (Å²) in [6.45, 7) is 0.950. The minimum absolute atomic E-state index is 0.128. The van der Waals surface area contributed by atoms with E-state index in [-0.39, 0.29) is 17.6 Å². The molecule has 1 heterocycles. The molecule has 0 saturated carbocycles. The Bertz CT molecular complexity index is 512. The van der Waals surface area contributed by atoms with E-state index in [2.05, 4.69) is 10.1 Å². The highest BCUT2D eigenvalue weighted by atomic mass is 35.5. The number of hydrogen-bond acceptors (Lipinski definition) is 4. The van der Waals surface area contributed by atoms with Gasteiger partial charge >= 0.3 is 5.97 Å². The summed E-state index contributed by atoms with van der Waals surface area (Å²) in [6.07, 6.45) is 1.30. The average molecular weight is 298 g/mol. The maximum Gasteiger partial charge on any atom is 0.339 e. The molecule has 0 spiro atoms. The Morgan fingerprint density at radius 2 is 2.30 bits per heavy atom. The molecule has 0 bridgehead atoms. The van der Waals surface area contributed by atoms with E-state index < -0.39 is 5.97 Å². The molecular weight excluding hydrogens is 282 g/mol. The zero-order valence-corrected chi connectivity index (χ0v) is 11.9. The molecule has 0 radical (unpaired) electrons. The molecule has 1 aromatic carbocycles. The highest BCUT2D eigenvalue weighted by molar-refractivity contribution is 6.33. The van der Waals surface area contributed by atoms with Crippen molar-refractivity contribution < 1.29 is 19.1 Å². The summed E-state index contributed by atoms with van der Waals surface area (Å²) < 4.78 is 9.94. The van der Waals surface area contributed by atoms with Crippen LogP contribution in [-0.4, -0.2) is 31.7 Å². The van der Waals surface area contributed by atoms with Crippen molar-refractivity contribution in [2.24, 2.45) is 0 Å². The number of methoxy groups -OCH3 is 1. The molecule has 1 saturated heterocycles. The van der Waals surface area contributed by atoms with Gasteiger partial charge in [-0.15, -0.1) is 0 Å². The predicted octanol–water partition coefficient (Wildman–Crippen LogP) is 1.92. The summed E-state index contributed by atoms with van der Waals surface area (Å²) in [5.41, 5.74) is 1.07. The highest BCUT2D eigenvalue weighted by Gasteiger charge is 2.23. The number of hydrogen-bond donors (Lipinski definition) is 1. The molecule has 108 valence electrons. The third-order valence-corrected chi connectivity index (χ3v) is 3.45. The third kappa shape index (κ3) is 3.49. The molecule has 1 amide bonds. The number of esters is 1. The lowest BCUT2D eigenvalue weighted by Crippen LogP contribution is -2.33. The number of benzene rings is 1. The maximum absolute atomic E-state index is 11.8. The zero-order chi connectivity index (χ0) is 14.5. The van der Waals surface area contributed by atoms with Gasteiger partial charge in [0.2, 0.25) is 5.91 Å². The third-order valence-electron chi connectivity index (χ3n) is 3.12. The molecule has 6 heteroatoms. The van der Waals surface area contributed by atoms with Gasteiger partial charge in [0.25, 0.3) is 0 Å². The van der Waals surface area contributed by atoms with Gasteiger partial charge in [0.15, 0.2) is 0 Å². The largest absolute Gasteiger partial charge is 0.465 e.